The van der Waals surface area contributed by atoms with E-state index in [0.717, 1.165) is 19.3 Å². The third-order valence-corrected chi connectivity index (χ3v) is 7.23. The average molecular weight is 263 g/mol. The molecule has 0 aromatic heterocycles. The van der Waals surface area contributed by atoms with Crippen molar-refractivity contribution in [2.45, 2.75) is 58.2 Å². The third-order valence-electron chi connectivity index (χ3n) is 3.21. The SMILES string of the molecule is C=C[Si](C/C=C/CC)(C/C=C/CC)C/C=C/CC. The first-order valence-corrected chi connectivity index (χ1v) is 10.0. The Morgan fingerprint density at radius 3 is 1.22 bits per heavy atom. The summed E-state index contributed by atoms with van der Waals surface area (Å²) in [7, 11) is -1.38. The molecule has 0 aliphatic heterocycles. The Morgan fingerprint density at radius 2 is 1.00 bits per heavy atom. The molecule has 0 atom stereocenters. The smallest absolute Gasteiger partial charge is 0.0882 e. The molecular weight excluding hydrogens is 232 g/mol. The quantitative estimate of drug-likeness (QED) is 0.331. The molecule has 0 fully saturated rings. The van der Waals surface area contributed by atoms with Crippen LogP contribution in [-0.2, 0) is 0 Å². The van der Waals surface area contributed by atoms with Crippen LogP contribution in [0.25, 0.3) is 0 Å². The Bertz CT molecular complexity index is 243. The topological polar surface area (TPSA) is 0 Å². The maximum Gasteiger partial charge on any atom is 0.0882 e. The molecule has 0 rings (SSSR count). The second kappa shape index (κ2) is 11.3. The van der Waals surface area contributed by atoms with Gasteiger partial charge in [-0.1, -0.05) is 57.2 Å². The van der Waals surface area contributed by atoms with Crippen molar-refractivity contribution in [3.8, 4) is 0 Å². The molecule has 0 heterocycles. The van der Waals surface area contributed by atoms with Crippen LogP contribution in [0, 0.1) is 0 Å². The molecule has 102 valence electrons. The van der Waals surface area contributed by atoms with Gasteiger partial charge in [0.1, 0.15) is 0 Å². The van der Waals surface area contributed by atoms with E-state index in [2.05, 4.69) is 69.5 Å². The molecule has 0 bridgehead atoms. The van der Waals surface area contributed by atoms with Gasteiger partial charge in [-0.3, -0.25) is 0 Å². The maximum atomic E-state index is 4.13. The predicted octanol–water partition coefficient (Wildman–Crippen LogP) is 6.06. The minimum Gasteiger partial charge on any atom is -0.107 e. The van der Waals surface area contributed by atoms with Gasteiger partial charge >= 0.3 is 0 Å². The summed E-state index contributed by atoms with van der Waals surface area (Å²) in [4.78, 5) is 0. The Labute approximate surface area is 115 Å². The highest BCUT2D eigenvalue weighted by molar-refractivity contribution is 6.85. The summed E-state index contributed by atoms with van der Waals surface area (Å²) in [6.45, 7) is 10.7. The van der Waals surface area contributed by atoms with Gasteiger partial charge in [0.15, 0.2) is 0 Å². The Balaban J connectivity index is 4.69. The molecule has 0 radical (unpaired) electrons. The summed E-state index contributed by atoms with van der Waals surface area (Å²) >= 11 is 0. The molecule has 0 N–H and O–H groups in total. The zero-order chi connectivity index (χ0) is 13.7. The van der Waals surface area contributed by atoms with Gasteiger partial charge in [-0.2, -0.15) is 0 Å². The zero-order valence-corrected chi connectivity index (χ0v) is 13.5. The number of hydrogen-bond acceptors (Lipinski definition) is 0. The number of hydrogen-bond donors (Lipinski definition) is 0. The second-order valence-electron chi connectivity index (χ2n) is 4.82. The van der Waals surface area contributed by atoms with Crippen molar-refractivity contribution in [2.24, 2.45) is 0 Å². The van der Waals surface area contributed by atoms with Gasteiger partial charge in [-0.15, -0.1) is 12.3 Å². The van der Waals surface area contributed by atoms with Crippen LogP contribution in [0.15, 0.2) is 48.7 Å². The normalized spacial score (nSPS) is 13.1. The third kappa shape index (κ3) is 7.49. The average Bonchev–Trinajstić information content (AvgIpc) is 2.39. The van der Waals surface area contributed by atoms with E-state index in [1.54, 1.807) is 0 Å². The molecule has 0 saturated heterocycles. The Morgan fingerprint density at radius 1 is 0.667 bits per heavy atom. The predicted molar refractivity (Wildman–Crippen MR) is 88.7 cm³/mol. The standard InChI is InChI=1S/C17H30Si/c1-5-9-12-15-18(8-4,16-13-10-6-2)17-14-11-7-3/h8-14H,4-7,15-17H2,1-3H3/b12-9+,13-10+,14-11+. The van der Waals surface area contributed by atoms with E-state index < -0.39 is 8.07 Å². The first-order chi connectivity index (χ1) is 8.74. The summed E-state index contributed by atoms with van der Waals surface area (Å²) in [5.41, 5.74) is 2.28. The van der Waals surface area contributed by atoms with Gasteiger partial charge in [0.25, 0.3) is 0 Å². The molecule has 0 aliphatic carbocycles. The van der Waals surface area contributed by atoms with Crippen LogP contribution in [0.1, 0.15) is 40.0 Å². The Hall–Kier alpha value is -0.823. The van der Waals surface area contributed by atoms with Crippen LogP contribution in [0.2, 0.25) is 18.1 Å². The molecule has 0 amide bonds. The van der Waals surface area contributed by atoms with Crippen molar-refractivity contribution in [3.05, 3.63) is 48.7 Å². The van der Waals surface area contributed by atoms with Crippen LogP contribution in [0.5, 0.6) is 0 Å². The van der Waals surface area contributed by atoms with Gasteiger partial charge in [0.2, 0.25) is 0 Å². The Kier molecular flexibility index (Phi) is 10.8. The lowest BCUT2D eigenvalue weighted by Gasteiger charge is -2.24. The summed E-state index contributed by atoms with van der Waals surface area (Å²) in [6, 6.07) is 3.69. The molecule has 0 aromatic carbocycles. The molecule has 0 nitrogen and oxygen atoms in total. The zero-order valence-electron chi connectivity index (χ0n) is 12.5. The van der Waals surface area contributed by atoms with Crippen LogP contribution in [0.4, 0.5) is 0 Å². The maximum absolute atomic E-state index is 4.13. The summed E-state index contributed by atoms with van der Waals surface area (Å²) in [6.07, 6.45) is 17.4. The van der Waals surface area contributed by atoms with Crippen molar-refractivity contribution < 1.29 is 0 Å². The van der Waals surface area contributed by atoms with Gasteiger partial charge in [0.05, 0.1) is 8.07 Å². The summed E-state index contributed by atoms with van der Waals surface area (Å²) in [5.74, 6) is 0. The van der Waals surface area contributed by atoms with Gasteiger partial charge in [-0.25, -0.2) is 0 Å². The van der Waals surface area contributed by atoms with E-state index >= 15 is 0 Å². The van der Waals surface area contributed by atoms with Gasteiger partial charge < -0.3 is 0 Å². The van der Waals surface area contributed by atoms with Crippen LogP contribution < -0.4 is 0 Å². The minimum atomic E-state index is -1.38. The number of allylic oxidation sites excluding steroid dienone is 6. The molecule has 0 aromatic rings. The fourth-order valence-corrected chi connectivity index (χ4v) is 4.86. The van der Waals surface area contributed by atoms with Crippen molar-refractivity contribution >= 4 is 8.07 Å². The fraction of sp³-hybridized carbons (Fsp3) is 0.529. The summed E-state index contributed by atoms with van der Waals surface area (Å²) < 4.78 is 0. The van der Waals surface area contributed by atoms with Crippen LogP contribution in [0.3, 0.4) is 0 Å². The van der Waals surface area contributed by atoms with Crippen molar-refractivity contribution in [2.75, 3.05) is 0 Å². The molecule has 1 heteroatoms. The molecule has 0 unspecified atom stereocenters. The van der Waals surface area contributed by atoms with E-state index in [1.165, 1.54) is 18.1 Å². The summed E-state index contributed by atoms with van der Waals surface area (Å²) in [5, 5.41) is 0. The van der Waals surface area contributed by atoms with Crippen molar-refractivity contribution in [1.29, 1.82) is 0 Å². The number of rotatable bonds is 10. The van der Waals surface area contributed by atoms with Crippen molar-refractivity contribution in [3.63, 3.8) is 0 Å². The monoisotopic (exact) mass is 262 g/mol. The minimum absolute atomic E-state index is 1.14. The molecular formula is C17H30Si. The molecule has 0 aliphatic rings. The lowest BCUT2D eigenvalue weighted by molar-refractivity contribution is 1.19. The second-order valence-corrected chi connectivity index (χ2v) is 9.18. The highest BCUT2D eigenvalue weighted by Crippen LogP contribution is 2.24. The fourth-order valence-electron chi connectivity index (χ4n) is 1.95. The lowest BCUT2D eigenvalue weighted by atomic mass is 10.4. The highest BCUT2D eigenvalue weighted by Gasteiger charge is 2.24. The highest BCUT2D eigenvalue weighted by atomic mass is 28.3. The molecule has 0 saturated carbocycles. The van der Waals surface area contributed by atoms with Crippen LogP contribution in [-0.4, -0.2) is 8.07 Å². The van der Waals surface area contributed by atoms with Crippen molar-refractivity contribution in [1.82, 2.24) is 0 Å². The van der Waals surface area contributed by atoms with Gasteiger partial charge in [0, 0.05) is 0 Å². The molecule has 0 spiro atoms. The van der Waals surface area contributed by atoms with Gasteiger partial charge in [-0.05, 0) is 37.4 Å². The van der Waals surface area contributed by atoms with Crippen LogP contribution >= 0.6 is 0 Å². The van der Waals surface area contributed by atoms with E-state index in [4.69, 9.17) is 0 Å². The first kappa shape index (κ1) is 17.2. The van der Waals surface area contributed by atoms with E-state index in [1.807, 2.05) is 0 Å². The lowest BCUT2D eigenvalue weighted by Crippen LogP contribution is -2.29. The largest absolute Gasteiger partial charge is 0.107 e. The van der Waals surface area contributed by atoms with E-state index in [0.29, 0.717) is 0 Å². The molecule has 18 heavy (non-hydrogen) atoms. The first-order valence-electron chi connectivity index (χ1n) is 7.33. The van der Waals surface area contributed by atoms with E-state index in [-0.39, 0.29) is 0 Å². The van der Waals surface area contributed by atoms with E-state index in [9.17, 15) is 0 Å².